The zero-order valence-electron chi connectivity index (χ0n) is 11.0. The Morgan fingerprint density at radius 2 is 1.86 bits per heavy atom. The molecule has 4 nitrogen and oxygen atoms in total. The number of hydrogen-bond donors (Lipinski definition) is 1. The molecule has 1 aromatic carbocycles. The van der Waals surface area contributed by atoms with Crippen molar-refractivity contribution < 1.29 is 22.6 Å². The van der Waals surface area contributed by atoms with Crippen LogP contribution in [0, 0.1) is 0 Å². The fourth-order valence-electron chi connectivity index (χ4n) is 2.17. The summed E-state index contributed by atoms with van der Waals surface area (Å²) in [5.41, 5.74) is 0. The van der Waals surface area contributed by atoms with Crippen molar-refractivity contribution in [3.05, 3.63) is 24.4 Å². The summed E-state index contributed by atoms with van der Waals surface area (Å²) in [6.45, 7) is 0.722. The number of ether oxygens (including phenoxy) is 2. The van der Waals surface area contributed by atoms with Gasteiger partial charge in [0.05, 0.1) is 6.42 Å². The molecule has 0 unspecified atom stereocenters. The molecule has 0 fully saturated rings. The molecule has 3 rings (SSSR count). The van der Waals surface area contributed by atoms with Gasteiger partial charge >= 0.3 is 6.18 Å². The number of pyridine rings is 1. The Balaban J connectivity index is 1.88. The van der Waals surface area contributed by atoms with Crippen LogP contribution in [0.4, 0.5) is 19.0 Å². The molecule has 0 saturated carbocycles. The largest absolute Gasteiger partial charge is 0.486 e. The minimum atomic E-state index is -4.19. The molecule has 1 aromatic heterocycles. The number of halogens is 3. The number of hydrogen-bond acceptors (Lipinski definition) is 4. The van der Waals surface area contributed by atoms with Crippen molar-refractivity contribution >= 4 is 16.6 Å². The quantitative estimate of drug-likeness (QED) is 0.943. The first kappa shape index (κ1) is 13.8. The highest BCUT2D eigenvalue weighted by Gasteiger charge is 2.26. The highest BCUT2D eigenvalue weighted by Crippen LogP contribution is 2.36. The van der Waals surface area contributed by atoms with E-state index in [1.807, 2.05) is 0 Å². The molecule has 1 aliphatic heterocycles. The molecular weight excluding hydrogens is 285 g/mol. The van der Waals surface area contributed by atoms with Gasteiger partial charge in [0.25, 0.3) is 0 Å². The monoisotopic (exact) mass is 298 g/mol. The maximum atomic E-state index is 12.2. The second-order valence-electron chi connectivity index (χ2n) is 4.67. The van der Waals surface area contributed by atoms with Crippen LogP contribution in [-0.4, -0.2) is 30.9 Å². The van der Waals surface area contributed by atoms with Gasteiger partial charge in [-0.1, -0.05) is 0 Å². The van der Waals surface area contributed by atoms with Crippen molar-refractivity contribution in [2.45, 2.75) is 12.6 Å². The van der Waals surface area contributed by atoms with E-state index in [0.717, 1.165) is 5.39 Å². The second kappa shape index (κ2) is 5.31. The Kier molecular flexibility index (Phi) is 3.48. The van der Waals surface area contributed by atoms with Gasteiger partial charge in [0.1, 0.15) is 19.0 Å². The van der Waals surface area contributed by atoms with Gasteiger partial charge in [-0.25, -0.2) is 4.98 Å². The third kappa shape index (κ3) is 3.12. The van der Waals surface area contributed by atoms with Crippen molar-refractivity contribution in [3.63, 3.8) is 0 Å². The van der Waals surface area contributed by atoms with E-state index in [1.165, 1.54) is 0 Å². The maximum absolute atomic E-state index is 12.2. The Bertz CT molecular complexity index is 658. The van der Waals surface area contributed by atoms with Crippen LogP contribution in [-0.2, 0) is 0 Å². The minimum Gasteiger partial charge on any atom is -0.486 e. The van der Waals surface area contributed by atoms with Crippen LogP contribution in [0.1, 0.15) is 6.42 Å². The summed E-state index contributed by atoms with van der Waals surface area (Å²) in [6.07, 6.45) is -3.54. The summed E-state index contributed by atoms with van der Waals surface area (Å²) in [7, 11) is 0. The van der Waals surface area contributed by atoms with Crippen molar-refractivity contribution in [2.24, 2.45) is 0 Å². The molecule has 0 saturated heterocycles. The molecule has 112 valence electrons. The topological polar surface area (TPSA) is 43.4 Å². The standard InChI is InChI=1S/C14H13F3N2O2/c15-14(16,17)2-4-19-13-10-8-12-11(20-5-6-21-12)7-9(10)1-3-18-13/h1,3,7-8H,2,4-6H2,(H,18,19). The average molecular weight is 298 g/mol. The lowest BCUT2D eigenvalue weighted by Gasteiger charge is -2.19. The Hall–Kier alpha value is -2.18. The highest BCUT2D eigenvalue weighted by atomic mass is 19.4. The van der Waals surface area contributed by atoms with Crippen LogP contribution in [0.15, 0.2) is 24.4 Å². The van der Waals surface area contributed by atoms with Gasteiger partial charge in [-0.3, -0.25) is 0 Å². The summed E-state index contributed by atoms with van der Waals surface area (Å²) < 4.78 is 47.6. The van der Waals surface area contributed by atoms with E-state index in [1.54, 1.807) is 24.4 Å². The van der Waals surface area contributed by atoms with Gasteiger partial charge in [0.2, 0.25) is 0 Å². The number of alkyl halides is 3. The number of anilines is 1. The molecule has 0 aliphatic carbocycles. The smallest absolute Gasteiger partial charge is 0.390 e. The molecule has 7 heteroatoms. The van der Waals surface area contributed by atoms with E-state index in [4.69, 9.17) is 9.47 Å². The molecule has 0 amide bonds. The lowest BCUT2D eigenvalue weighted by atomic mass is 10.1. The van der Waals surface area contributed by atoms with E-state index in [9.17, 15) is 13.2 Å². The molecule has 0 spiro atoms. The van der Waals surface area contributed by atoms with E-state index < -0.39 is 12.6 Å². The molecular formula is C14H13F3N2O2. The predicted molar refractivity (Wildman–Crippen MR) is 71.9 cm³/mol. The van der Waals surface area contributed by atoms with Gasteiger partial charge in [-0.2, -0.15) is 13.2 Å². The normalized spacial score (nSPS) is 14.2. The molecule has 0 radical (unpaired) electrons. The van der Waals surface area contributed by atoms with Gasteiger partial charge in [0, 0.05) is 18.1 Å². The first-order chi connectivity index (χ1) is 10.0. The molecule has 0 atom stereocenters. The summed E-state index contributed by atoms with van der Waals surface area (Å²) in [6, 6.07) is 5.33. The maximum Gasteiger partial charge on any atom is 0.390 e. The van der Waals surface area contributed by atoms with Crippen molar-refractivity contribution in [1.29, 1.82) is 0 Å². The number of benzene rings is 1. The lowest BCUT2D eigenvalue weighted by Crippen LogP contribution is -2.16. The van der Waals surface area contributed by atoms with E-state index in [-0.39, 0.29) is 6.54 Å². The third-order valence-corrected chi connectivity index (χ3v) is 3.13. The Morgan fingerprint density at radius 3 is 2.57 bits per heavy atom. The van der Waals surface area contributed by atoms with Crippen LogP contribution < -0.4 is 14.8 Å². The minimum absolute atomic E-state index is 0.218. The number of nitrogens with one attached hydrogen (secondary N) is 1. The van der Waals surface area contributed by atoms with Crippen LogP contribution in [0.2, 0.25) is 0 Å². The first-order valence-corrected chi connectivity index (χ1v) is 6.52. The summed E-state index contributed by atoms with van der Waals surface area (Å²) in [4.78, 5) is 4.10. The van der Waals surface area contributed by atoms with Crippen molar-refractivity contribution in [3.8, 4) is 11.5 Å². The van der Waals surface area contributed by atoms with Gasteiger partial charge in [-0.05, 0) is 23.6 Å². The van der Waals surface area contributed by atoms with E-state index in [2.05, 4.69) is 10.3 Å². The predicted octanol–water partition coefficient (Wildman–Crippen LogP) is 3.37. The molecule has 1 N–H and O–H groups in total. The SMILES string of the molecule is FC(F)(F)CCNc1nccc2cc3c(cc12)OCCO3. The van der Waals surface area contributed by atoms with Crippen molar-refractivity contribution in [2.75, 3.05) is 25.1 Å². The Labute approximate surface area is 118 Å². The molecule has 0 bridgehead atoms. The van der Waals surface area contributed by atoms with Crippen LogP contribution >= 0.6 is 0 Å². The zero-order valence-corrected chi connectivity index (χ0v) is 11.0. The number of fused-ring (bicyclic) bond motifs is 2. The van der Waals surface area contributed by atoms with E-state index in [0.29, 0.717) is 35.9 Å². The second-order valence-corrected chi connectivity index (χ2v) is 4.67. The Morgan fingerprint density at radius 1 is 1.14 bits per heavy atom. The fourth-order valence-corrected chi connectivity index (χ4v) is 2.17. The van der Waals surface area contributed by atoms with Crippen LogP contribution in [0.25, 0.3) is 10.8 Å². The average Bonchev–Trinajstić information content (AvgIpc) is 2.44. The summed E-state index contributed by atoms with van der Waals surface area (Å²) in [5, 5.41) is 4.27. The molecule has 2 heterocycles. The summed E-state index contributed by atoms with van der Waals surface area (Å²) >= 11 is 0. The lowest BCUT2D eigenvalue weighted by molar-refractivity contribution is -0.131. The van der Waals surface area contributed by atoms with Crippen LogP contribution in [0.3, 0.4) is 0 Å². The molecule has 1 aliphatic rings. The number of nitrogens with zero attached hydrogens (tertiary/aromatic N) is 1. The number of aromatic nitrogens is 1. The first-order valence-electron chi connectivity index (χ1n) is 6.52. The van der Waals surface area contributed by atoms with Gasteiger partial charge < -0.3 is 14.8 Å². The highest BCUT2D eigenvalue weighted by molar-refractivity contribution is 5.94. The summed E-state index contributed by atoms with van der Waals surface area (Å²) in [5.74, 6) is 1.63. The van der Waals surface area contributed by atoms with E-state index >= 15 is 0 Å². The molecule has 21 heavy (non-hydrogen) atoms. The molecule has 2 aromatic rings. The third-order valence-electron chi connectivity index (χ3n) is 3.13. The van der Waals surface area contributed by atoms with Crippen molar-refractivity contribution in [1.82, 2.24) is 4.98 Å². The van der Waals surface area contributed by atoms with Crippen LogP contribution in [0.5, 0.6) is 11.5 Å². The zero-order chi connectivity index (χ0) is 14.9. The van der Waals surface area contributed by atoms with Gasteiger partial charge in [0.15, 0.2) is 11.5 Å². The fraction of sp³-hybridized carbons (Fsp3) is 0.357. The van der Waals surface area contributed by atoms with Gasteiger partial charge in [-0.15, -0.1) is 0 Å². The number of rotatable bonds is 3.